The second-order valence-corrected chi connectivity index (χ2v) is 43.3. The van der Waals surface area contributed by atoms with Gasteiger partial charge in [-0.05, 0) is 247 Å². The van der Waals surface area contributed by atoms with Crippen LogP contribution in [0.15, 0.2) is 215 Å². The highest BCUT2D eigenvalue weighted by Gasteiger charge is 2.44. The Morgan fingerprint density at radius 3 is 1.03 bits per heavy atom. The van der Waals surface area contributed by atoms with Crippen molar-refractivity contribution in [2.24, 2.45) is 29.4 Å². The molecule has 4 fully saturated rings. The second kappa shape index (κ2) is 43.1. The number of amides is 4. The van der Waals surface area contributed by atoms with Gasteiger partial charge in [0.05, 0.1) is 28.9 Å². The van der Waals surface area contributed by atoms with Gasteiger partial charge in [-0.2, -0.15) is 53.6 Å². The minimum atomic E-state index is -4.29. The number of carbonyl (C=O) groups excluding carboxylic acids is 4. The first kappa shape index (κ1) is 102. The molecule has 0 saturated carbocycles. The number of ether oxygens (including phenoxy) is 5. The summed E-state index contributed by atoms with van der Waals surface area (Å²) in [6.45, 7) is 36.4. The normalized spacial score (nSPS) is 17.5. The summed E-state index contributed by atoms with van der Waals surface area (Å²) in [6, 6.07) is 43.0. The maximum atomic E-state index is 13.3. The van der Waals surface area contributed by atoms with Crippen molar-refractivity contribution in [2.75, 3.05) is 72.1 Å². The van der Waals surface area contributed by atoms with E-state index in [-0.39, 0.29) is 126 Å². The zero-order chi connectivity index (χ0) is 98.2. The van der Waals surface area contributed by atoms with E-state index in [0.717, 1.165) is 50.9 Å². The number of sulfonamides is 4. The van der Waals surface area contributed by atoms with Gasteiger partial charge in [-0.25, -0.2) is 43.2 Å². The van der Waals surface area contributed by atoms with Crippen molar-refractivity contribution < 1.29 is 80.9 Å². The van der Waals surface area contributed by atoms with E-state index in [9.17, 15) is 57.2 Å². The Labute approximate surface area is 789 Å². The van der Waals surface area contributed by atoms with Crippen molar-refractivity contribution in [3.8, 4) is 46.9 Å². The molecule has 4 amide bonds. The molecule has 39 heteroatoms. The number of nitrogens with zero attached hydrogens (tertiary/aromatic N) is 12. The van der Waals surface area contributed by atoms with Crippen LogP contribution in [0.3, 0.4) is 0 Å². The highest BCUT2D eigenvalue weighted by molar-refractivity contribution is 7.90. The topological polar surface area (TPSA) is 441 Å². The number of hydrogen-bond donors (Lipinski definition) is 5. The molecule has 2 aromatic carbocycles. The molecule has 0 aliphatic carbocycles. The molecular formula is C96H116FN17O17S4. The smallest absolute Gasteiger partial charge is 0.281 e. The van der Waals surface area contributed by atoms with Crippen LogP contribution in [0.2, 0.25) is 0 Å². The average Bonchev–Trinajstić information content (AvgIpc) is 1.68. The van der Waals surface area contributed by atoms with Crippen LogP contribution in [0.1, 0.15) is 183 Å². The minimum Gasteiger partial charge on any atom is -0.488 e. The van der Waals surface area contributed by atoms with Gasteiger partial charge in [-0.15, -0.1) is 5.92 Å². The third-order valence-electron chi connectivity index (χ3n) is 22.1. The van der Waals surface area contributed by atoms with Crippen LogP contribution >= 0.6 is 0 Å². The van der Waals surface area contributed by atoms with Gasteiger partial charge >= 0.3 is 0 Å². The number of aromatic nitrogens is 8. The summed E-state index contributed by atoms with van der Waals surface area (Å²) in [6.07, 6.45) is 10.6. The number of benzene rings is 2. The molecule has 10 aromatic rings. The monoisotopic (exact) mass is 1930 g/mol. The van der Waals surface area contributed by atoms with Crippen LogP contribution < -0.4 is 67.9 Å². The van der Waals surface area contributed by atoms with E-state index in [1.807, 2.05) is 25.7 Å². The molecular weight excluding hydrogens is 1810 g/mol. The zero-order valence-electron chi connectivity index (χ0n) is 78.4. The number of pyridine rings is 8. The largest absolute Gasteiger partial charge is 0.488 e. The van der Waals surface area contributed by atoms with Gasteiger partial charge in [0.25, 0.3) is 63.7 Å². The molecule has 14 rings (SSSR count). The van der Waals surface area contributed by atoms with Gasteiger partial charge in [0.2, 0.25) is 23.5 Å². The Morgan fingerprint density at radius 2 is 0.726 bits per heavy atom. The van der Waals surface area contributed by atoms with Gasteiger partial charge in [-0.1, -0.05) is 70.0 Å². The van der Waals surface area contributed by atoms with E-state index >= 15 is 0 Å². The molecule has 0 radical (unpaired) electrons. The lowest BCUT2D eigenvalue weighted by molar-refractivity contribution is 0.0972. The number of nitrogens with one attached hydrogen (secondary N) is 4. The van der Waals surface area contributed by atoms with Crippen LogP contribution in [-0.4, -0.2) is 177 Å². The number of carbonyl (C=O) groups is 4. The molecule has 4 aliphatic heterocycles. The third-order valence-corrected chi connectivity index (χ3v) is 27.0. The summed E-state index contributed by atoms with van der Waals surface area (Å²) < 4.78 is 153. The fourth-order valence-electron chi connectivity index (χ4n) is 16.8. The lowest BCUT2D eigenvalue weighted by Crippen LogP contribution is -2.41. The number of anilines is 4. The number of rotatable bonds is 28. The van der Waals surface area contributed by atoms with Crippen LogP contribution in [0, 0.1) is 41.3 Å². The van der Waals surface area contributed by atoms with E-state index < -0.39 is 63.7 Å². The Bertz CT molecular complexity index is 6480. The molecule has 135 heavy (non-hydrogen) atoms. The zero-order valence-corrected chi connectivity index (χ0v) is 81.6. The van der Waals surface area contributed by atoms with E-state index in [2.05, 4.69) is 168 Å². The van der Waals surface area contributed by atoms with Gasteiger partial charge in [-0.3, -0.25) is 19.2 Å². The van der Waals surface area contributed by atoms with Gasteiger partial charge in [0, 0.05) is 110 Å². The second-order valence-electron chi connectivity index (χ2n) is 36.8. The van der Waals surface area contributed by atoms with Crippen LogP contribution in [0.4, 0.5) is 27.7 Å². The predicted octanol–water partition coefficient (Wildman–Crippen LogP) is 13.4. The Morgan fingerprint density at radius 1 is 0.422 bits per heavy atom. The van der Waals surface area contributed by atoms with Crippen molar-refractivity contribution in [3.05, 3.63) is 228 Å². The van der Waals surface area contributed by atoms with Crippen molar-refractivity contribution in [1.82, 2.24) is 58.8 Å². The molecule has 6 N–H and O–H groups in total. The lowest BCUT2D eigenvalue weighted by atomic mass is 9.97. The number of hydrogen-bond acceptors (Lipinski definition) is 30. The van der Waals surface area contributed by atoms with Crippen LogP contribution in [0.25, 0.3) is 0 Å². The Balaban J connectivity index is 0.000000174. The van der Waals surface area contributed by atoms with Gasteiger partial charge in [0.1, 0.15) is 52.8 Å². The molecule has 4 unspecified atom stereocenters. The number of halogens is 1. The van der Waals surface area contributed by atoms with Crippen molar-refractivity contribution >= 4 is 87.0 Å². The van der Waals surface area contributed by atoms with Crippen LogP contribution in [0.5, 0.6) is 35.0 Å². The molecule has 0 bridgehead atoms. The molecule has 718 valence electrons. The number of nitrogens with two attached hydrogens (primary N) is 1. The van der Waals surface area contributed by atoms with E-state index in [1.165, 1.54) is 84.9 Å². The maximum Gasteiger partial charge on any atom is 0.281 e. The summed E-state index contributed by atoms with van der Waals surface area (Å²) in [5.74, 6) is 7.00. The standard InChI is InChI=1S/C28H34N4O5S.C26H29FN4O4S.C22H26N4O4S.C20H27N5O4S/c1-19-17-28(5,6)32(18-19)25-22(9-8-16-29-25)26(33)31-38(34,35)24-11-7-10-23(30-24)36-20-12-14-21(15-13-20)37-27(2,3)4;1-18-16-26(2,3)31(17-18)24-21(9-6-13-28-24)25(32)30-36(33,34)23-11-5-10-22(29-23)35-14-12-19-7-4-8-20(27)15-19;1-5-6-13-30-18-10-7-11-19(24-18)31(28,29)25-21(27)17-9-8-12-23-20(17)26-15-16(2)14-22(26,3)4;1-14-12-20(2,3)25(13-14)18-15(6-5-10-22-18)19(26)24-30(27,28)17-8-4-7-16(23-17)29-11-9-21/h7-16,19H,17-18H2,1-6H3,(H,31,33);4-11,13,15,18H,12,14,16-17H2,1-3H3,(H,30,32);7-12,16H,13-15H2,1-4H3,(H,25,27);4-8,10,14H,9,11-13,21H2,1-3H3,(H,24,26). The fourth-order valence-corrected chi connectivity index (χ4v) is 20.5. The summed E-state index contributed by atoms with van der Waals surface area (Å²) in [5, 5.41) is -1.31. The third kappa shape index (κ3) is 27.2. The van der Waals surface area contributed by atoms with Crippen molar-refractivity contribution in [1.29, 1.82) is 0 Å². The predicted molar refractivity (Wildman–Crippen MR) is 509 cm³/mol. The molecule has 8 aromatic heterocycles. The molecule has 12 heterocycles. The van der Waals surface area contributed by atoms with Gasteiger partial charge < -0.3 is 49.0 Å². The SMILES string of the molecule is CC#CCOc1cccc(S(=O)(=O)NC(=O)c2cccnc2N2CC(C)CC2(C)C)n1.CC1CN(c2ncccc2C(=O)NS(=O)(=O)c2cccc(OCCN)n2)C(C)(C)C1.CC1CN(c2ncccc2C(=O)NS(=O)(=O)c2cccc(OCCc3cccc(F)c3)n2)C(C)(C)C1.CC1CN(c2ncccc2C(=O)NS(=O)(=O)c2cccc(Oc3ccc(OC(C)(C)C)cc3)n2)C(C)(C)C1. The summed E-state index contributed by atoms with van der Waals surface area (Å²) in [5.41, 5.74) is 5.70. The van der Waals surface area contributed by atoms with Crippen molar-refractivity contribution in [3.63, 3.8) is 0 Å². The first-order chi connectivity index (χ1) is 63.6. The Kier molecular flexibility index (Phi) is 32.7. The molecule has 4 aliphatic rings. The lowest BCUT2D eigenvalue weighted by Gasteiger charge is -2.33. The summed E-state index contributed by atoms with van der Waals surface area (Å²) in [7, 11) is -17.0. The minimum absolute atomic E-state index is 0.0692. The van der Waals surface area contributed by atoms with E-state index in [1.54, 1.807) is 117 Å². The van der Waals surface area contributed by atoms with Crippen molar-refractivity contribution in [2.45, 2.75) is 191 Å². The first-order valence-corrected chi connectivity index (χ1v) is 49.8. The molecule has 4 atom stereocenters. The molecule has 34 nitrogen and oxygen atoms in total. The van der Waals surface area contributed by atoms with Crippen LogP contribution in [-0.2, 0) is 46.5 Å². The van der Waals surface area contributed by atoms with E-state index in [4.69, 9.17) is 29.4 Å². The highest BCUT2D eigenvalue weighted by atomic mass is 32.2. The summed E-state index contributed by atoms with van der Waals surface area (Å²) in [4.78, 5) is 94.1. The molecule has 0 spiro atoms. The first-order valence-electron chi connectivity index (χ1n) is 43.8. The maximum absolute atomic E-state index is 13.3. The fraction of sp³-hybridized carbons (Fsp3) is 0.396. The summed E-state index contributed by atoms with van der Waals surface area (Å²) >= 11 is 0. The molecule has 4 saturated heterocycles. The highest BCUT2D eigenvalue weighted by Crippen LogP contribution is 2.42. The van der Waals surface area contributed by atoms with E-state index in [0.29, 0.717) is 71.4 Å². The van der Waals surface area contributed by atoms with Gasteiger partial charge in [0.15, 0.2) is 26.7 Å². The Hall–Kier alpha value is -13.0. The quantitative estimate of drug-likeness (QED) is 0.0284. The average molecular weight is 1930 g/mol.